The zero-order valence-electron chi connectivity index (χ0n) is 33.0. The summed E-state index contributed by atoms with van der Waals surface area (Å²) in [5, 5.41) is 23.7. The lowest BCUT2D eigenvalue weighted by molar-refractivity contribution is -0.147. The zero-order chi connectivity index (χ0) is 41.6. The van der Waals surface area contributed by atoms with Crippen LogP contribution in [0.5, 0.6) is 0 Å². The first-order valence-electron chi connectivity index (χ1n) is 19.8. The molecule has 0 radical (unpaired) electrons. The van der Waals surface area contributed by atoms with Crippen molar-refractivity contribution in [2.75, 3.05) is 6.54 Å². The van der Waals surface area contributed by atoms with Gasteiger partial charge in [0.2, 0.25) is 29.5 Å². The van der Waals surface area contributed by atoms with Crippen LogP contribution in [-0.4, -0.2) is 94.3 Å². The Kier molecular flexibility index (Phi) is 16.4. The monoisotopic (exact) mass is 790 g/mol. The molecular formula is C41H58N8O8. The first kappa shape index (κ1) is 44.2. The number of benzene rings is 2. The molecule has 0 saturated heterocycles. The van der Waals surface area contributed by atoms with Gasteiger partial charge in [-0.05, 0) is 61.1 Å². The summed E-state index contributed by atoms with van der Waals surface area (Å²) in [7, 11) is 0. The topological polar surface area (TPSA) is 255 Å². The van der Waals surface area contributed by atoms with Crippen molar-refractivity contribution < 1.29 is 38.7 Å². The first-order valence-corrected chi connectivity index (χ1v) is 19.8. The minimum atomic E-state index is -1.28. The molecule has 6 atom stereocenters. The fourth-order valence-electron chi connectivity index (χ4n) is 7.47. The van der Waals surface area contributed by atoms with Crippen LogP contribution in [-0.2, 0) is 48.2 Å². The molecule has 1 heterocycles. The second-order valence-corrected chi connectivity index (χ2v) is 15.4. The molecule has 2 aliphatic rings. The summed E-state index contributed by atoms with van der Waals surface area (Å²) in [5.74, 6) is -4.78. The molecule has 0 bridgehead atoms. The predicted octanol–water partition coefficient (Wildman–Crippen LogP) is 1.24. The molecule has 2 aromatic carbocycles. The molecule has 16 nitrogen and oxygen atoms in total. The normalized spacial score (nSPS) is 18.1. The van der Waals surface area contributed by atoms with Crippen molar-refractivity contribution in [2.45, 2.75) is 121 Å². The molecule has 2 aromatic rings. The highest BCUT2D eigenvalue weighted by Gasteiger charge is 2.41. The van der Waals surface area contributed by atoms with E-state index in [1.54, 1.807) is 44.2 Å². The largest absolute Gasteiger partial charge is 0.480 e. The van der Waals surface area contributed by atoms with E-state index in [2.05, 4.69) is 26.6 Å². The maximum atomic E-state index is 14.8. The number of carboxylic acid groups (broad SMARTS) is 1. The van der Waals surface area contributed by atoms with Gasteiger partial charge in [0.05, 0.1) is 6.04 Å². The van der Waals surface area contributed by atoms with Crippen LogP contribution in [0.3, 0.4) is 0 Å². The summed E-state index contributed by atoms with van der Waals surface area (Å²) >= 11 is 0. The van der Waals surface area contributed by atoms with E-state index in [1.165, 1.54) is 11.8 Å². The van der Waals surface area contributed by atoms with Crippen LogP contribution in [0, 0.1) is 11.8 Å². The van der Waals surface area contributed by atoms with E-state index in [1.807, 2.05) is 24.3 Å². The molecule has 1 unspecified atom stereocenters. The van der Waals surface area contributed by atoms with E-state index in [-0.39, 0.29) is 50.6 Å². The highest BCUT2D eigenvalue weighted by Crippen LogP contribution is 2.28. The van der Waals surface area contributed by atoms with E-state index in [0.717, 1.165) is 30.4 Å². The highest BCUT2D eigenvalue weighted by molar-refractivity contribution is 5.97. The molecule has 1 saturated carbocycles. The number of carbonyl (C=O) groups is 7. The van der Waals surface area contributed by atoms with E-state index in [9.17, 15) is 38.7 Å². The number of rotatable bonds is 18. The van der Waals surface area contributed by atoms with E-state index in [0.29, 0.717) is 18.4 Å². The molecular weight excluding hydrogens is 732 g/mol. The fraction of sp³-hybridized carbons (Fsp3) is 0.537. The van der Waals surface area contributed by atoms with Crippen molar-refractivity contribution in [3.63, 3.8) is 0 Å². The Morgan fingerprint density at radius 1 is 0.789 bits per heavy atom. The third-order valence-corrected chi connectivity index (χ3v) is 10.7. The number of amides is 7. The Hall–Kier alpha value is -5.51. The first-order chi connectivity index (χ1) is 27.2. The standard InChI is InChI=1S/C41H58N8O8/c1-24(2)33(47-35(50)25(3)42)37(52)48-34(27-15-8-5-9-16-27)38(53)45-30(19-12-20-44-41(43)57)39(54)49-23-29-18-11-10-17-28(29)22-32(49)36(51)46-31(40(55)56)21-26-13-6-4-7-14-26/h4,6-7,10-11,13-14,17-18,24-25,27,30-34H,5,8-9,12,15-16,19-23,42H2,1-3H3,(H,45,53)(H,46,51)(H,47,50)(H,48,52)(H,55,56)(H3,43,44,57)/t25-,30-,31-,32-,33-,34?/m0/s1. The average Bonchev–Trinajstić information content (AvgIpc) is 3.19. The number of carbonyl (C=O) groups excluding carboxylic acids is 6. The number of aliphatic carboxylic acids is 1. The van der Waals surface area contributed by atoms with Gasteiger partial charge in [-0.2, -0.15) is 0 Å². The minimum absolute atomic E-state index is 0.00748. The molecule has 0 aromatic heterocycles. The van der Waals surface area contributed by atoms with Gasteiger partial charge in [-0.1, -0.05) is 87.7 Å². The number of nitrogens with one attached hydrogen (secondary N) is 5. The number of nitrogens with zero attached hydrogens (tertiary/aromatic N) is 1. The Balaban J connectivity index is 1.64. The van der Waals surface area contributed by atoms with Gasteiger partial charge in [0.25, 0.3) is 0 Å². The van der Waals surface area contributed by atoms with Crippen molar-refractivity contribution in [1.82, 2.24) is 31.5 Å². The molecule has 7 amide bonds. The number of fused-ring (bicyclic) bond motifs is 1. The van der Waals surface area contributed by atoms with Gasteiger partial charge in [-0.3, -0.25) is 24.0 Å². The van der Waals surface area contributed by atoms with Gasteiger partial charge in [-0.25, -0.2) is 9.59 Å². The minimum Gasteiger partial charge on any atom is -0.480 e. The van der Waals surface area contributed by atoms with Crippen LogP contribution >= 0.6 is 0 Å². The molecule has 10 N–H and O–H groups in total. The predicted molar refractivity (Wildman–Crippen MR) is 212 cm³/mol. The number of hydrogen-bond donors (Lipinski definition) is 8. The van der Waals surface area contributed by atoms with Crippen molar-refractivity contribution in [3.05, 3.63) is 71.3 Å². The van der Waals surface area contributed by atoms with Crippen molar-refractivity contribution in [3.8, 4) is 0 Å². The Morgan fingerprint density at radius 3 is 2.05 bits per heavy atom. The van der Waals surface area contributed by atoms with Crippen molar-refractivity contribution >= 4 is 41.5 Å². The molecule has 0 spiro atoms. The third kappa shape index (κ3) is 12.8. The molecule has 1 aliphatic carbocycles. The zero-order valence-corrected chi connectivity index (χ0v) is 33.0. The van der Waals surface area contributed by atoms with Gasteiger partial charge in [0, 0.05) is 25.9 Å². The Morgan fingerprint density at radius 2 is 1.44 bits per heavy atom. The van der Waals surface area contributed by atoms with Crippen molar-refractivity contribution in [1.29, 1.82) is 0 Å². The van der Waals surface area contributed by atoms with Crippen LogP contribution < -0.4 is 38.1 Å². The van der Waals surface area contributed by atoms with Crippen LogP contribution in [0.1, 0.15) is 82.4 Å². The number of urea groups is 1. The summed E-state index contributed by atoms with van der Waals surface area (Å²) in [4.78, 5) is 94.7. The smallest absolute Gasteiger partial charge is 0.326 e. The quantitative estimate of drug-likeness (QED) is 0.101. The number of hydrogen-bond acceptors (Lipinski definition) is 8. The summed E-state index contributed by atoms with van der Waals surface area (Å²) in [6.07, 6.45) is 4.32. The lowest BCUT2D eigenvalue weighted by Crippen LogP contribution is -2.62. The lowest BCUT2D eigenvalue weighted by atomic mass is 9.83. The second kappa shape index (κ2) is 21.1. The lowest BCUT2D eigenvalue weighted by Gasteiger charge is -2.39. The van der Waals surface area contributed by atoms with Gasteiger partial charge in [-0.15, -0.1) is 0 Å². The molecule has 4 rings (SSSR count). The number of nitrogens with two attached hydrogens (primary N) is 2. The van der Waals surface area contributed by atoms with E-state index < -0.39 is 77.8 Å². The van der Waals surface area contributed by atoms with Gasteiger partial charge >= 0.3 is 12.0 Å². The molecule has 1 aliphatic heterocycles. The summed E-state index contributed by atoms with van der Waals surface area (Å²) < 4.78 is 0. The number of carboxylic acids is 1. The summed E-state index contributed by atoms with van der Waals surface area (Å²) in [5.41, 5.74) is 13.3. The highest BCUT2D eigenvalue weighted by atomic mass is 16.4. The Bertz CT molecular complexity index is 1730. The fourth-order valence-corrected chi connectivity index (χ4v) is 7.47. The Labute approximate surface area is 333 Å². The maximum absolute atomic E-state index is 14.8. The second-order valence-electron chi connectivity index (χ2n) is 15.4. The van der Waals surface area contributed by atoms with E-state index >= 15 is 0 Å². The van der Waals surface area contributed by atoms with E-state index in [4.69, 9.17) is 11.5 Å². The molecule has 310 valence electrons. The third-order valence-electron chi connectivity index (χ3n) is 10.7. The van der Waals surface area contributed by atoms with Gasteiger partial charge in [0.15, 0.2) is 0 Å². The SMILES string of the molecule is CC(C)[C@H](NC(=O)[C@H](C)N)C(=O)NC(C(=O)N[C@@H](CCCNC(N)=O)C(=O)N1Cc2ccccc2C[C@H]1C(=O)N[C@@H](Cc1ccccc1)C(=O)O)C1CCCCC1. The van der Waals surface area contributed by atoms with Crippen LogP contribution in [0.25, 0.3) is 0 Å². The van der Waals surface area contributed by atoms with Gasteiger partial charge in [0.1, 0.15) is 30.2 Å². The van der Waals surface area contributed by atoms with Crippen LogP contribution in [0.4, 0.5) is 4.79 Å². The summed E-state index contributed by atoms with van der Waals surface area (Å²) in [6, 6.07) is 8.92. The average molecular weight is 791 g/mol. The van der Waals surface area contributed by atoms with Crippen LogP contribution in [0.2, 0.25) is 0 Å². The van der Waals surface area contributed by atoms with Crippen molar-refractivity contribution in [2.24, 2.45) is 23.3 Å². The van der Waals surface area contributed by atoms with Crippen LogP contribution in [0.15, 0.2) is 54.6 Å². The molecule has 16 heteroatoms. The maximum Gasteiger partial charge on any atom is 0.326 e. The summed E-state index contributed by atoms with van der Waals surface area (Å²) in [6.45, 7) is 5.14. The van der Waals surface area contributed by atoms with Gasteiger partial charge < -0.3 is 48.1 Å². The molecule has 1 fully saturated rings. The molecule has 57 heavy (non-hydrogen) atoms. The number of primary amides is 1.